The van der Waals surface area contributed by atoms with Gasteiger partial charge >= 0.3 is 64.7 Å². The molecule has 0 aromatic heterocycles. The summed E-state index contributed by atoms with van der Waals surface area (Å²) in [4.78, 5) is 130. The first kappa shape index (κ1) is 75.6. The van der Waals surface area contributed by atoms with Gasteiger partial charge < -0.3 is 77.3 Å². The quantitative estimate of drug-likeness (QED) is 0.0416. The maximum absolute atomic E-state index is 14.7. The monoisotopic (exact) mass is 1260 g/mol. The van der Waals surface area contributed by atoms with Gasteiger partial charge in [0, 0.05) is 106 Å². The van der Waals surface area contributed by atoms with Crippen molar-refractivity contribution in [3.63, 3.8) is 0 Å². The van der Waals surface area contributed by atoms with Gasteiger partial charge in [-0.15, -0.1) is 0 Å². The van der Waals surface area contributed by atoms with Crippen LogP contribution in [0.5, 0.6) is 0 Å². The van der Waals surface area contributed by atoms with Crippen LogP contribution in [0.25, 0.3) is 0 Å². The standard InChI is InChI=1S/C59H86N6O17.2CN.Co/c1-31-45-33(19-22-38(67)75-12)55(6,7)52(62-45)48(61-37(66)30-60-53(74)82-54(3,4)5)47-34(20-23-39(68)76-13)57(9,28-43(72)80-17)50(63-47)32(2)46-35(21-24-40(69)77-14)58(10,29-44(73)81-18)59(11,65-46)51-36(27-42(71)79-16)56(8,49(31)64-51)26-25-41(70)78-15;2*1-2;/h33-36,51,63H,19-30H2,1-18H3,(H,60,74)(H,61,66);;;/q;2*-1;+3/p-1/b45-31-,48-47+,50-32-;;;/t33-,34-,35-,36+,51?,56-,57+,58+,59+;;;/m1.../s1. The average molecular weight is 1260 g/mol. The number of alkyl carbamates (subject to hydrolysis) is 1. The minimum atomic E-state index is -1.50. The molecule has 0 radical (unpaired) electrons. The third kappa shape index (κ3) is 16.0. The molecule has 25 nitrogen and oxygen atoms in total. The predicted molar refractivity (Wildman–Crippen MR) is 309 cm³/mol. The number of rotatable bonds is 21. The van der Waals surface area contributed by atoms with Crippen LogP contribution in [0.1, 0.15) is 147 Å². The summed E-state index contributed by atoms with van der Waals surface area (Å²) >= 11 is 0. The molecule has 0 spiro atoms. The molecule has 480 valence electrons. The van der Waals surface area contributed by atoms with Gasteiger partial charge in [-0.3, -0.25) is 53.5 Å². The molecule has 2 N–H and O–H groups in total. The van der Waals surface area contributed by atoms with E-state index in [1.165, 1.54) is 49.8 Å². The van der Waals surface area contributed by atoms with E-state index in [1.807, 2.05) is 48.5 Å². The van der Waals surface area contributed by atoms with Crippen LogP contribution < -0.4 is 15.7 Å². The van der Waals surface area contributed by atoms with E-state index < -0.39 is 123 Å². The molecule has 5 rings (SSSR count). The summed E-state index contributed by atoms with van der Waals surface area (Å²) in [6, 6.07) is -1.01. The van der Waals surface area contributed by atoms with Crippen molar-refractivity contribution in [2.45, 2.75) is 164 Å². The van der Waals surface area contributed by atoms with Gasteiger partial charge in [-0.05, 0) is 84.3 Å². The summed E-state index contributed by atoms with van der Waals surface area (Å²) in [5.74, 6) is -8.15. The fourth-order valence-corrected chi connectivity index (χ4v) is 13.2. The molecule has 0 saturated carbocycles. The number of aliphatic imine (C=N–C) groups is 4. The number of carbonyl (C=O) groups excluding carboxylic acids is 8. The maximum atomic E-state index is 14.7. The summed E-state index contributed by atoms with van der Waals surface area (Å²) in [7, 11) is 8.84. The number of hydrogen-bond donors (Lipinski definition) is 2. The second-order valence-electron chi connectivity index (χ2n) is 24.2. The van der Waals surface area contributed by atoms with Crippen molar-refractivity contribution in [2.24, 2.45) is 65.3 Å². The zero-order valence-electron chi connectivity index (χ0n) is 53.3. The summed E-state index contributed by atoms with van der Waals surface area (Å²) in [5.41, 5.74) is -4.44. The Morgan fingerprint density at radius 1 is 0.644 bits per heavy atom. The van der Waals surface area contributed by atoms with E-state index in [1.54, 1.807) is 27.7 Å². The van der Waals surface area contributed by atoms with E-state index in [2.05, 4.69) is 10.6 Å². The number of hydrogen-bond acceptors (Lipinski definition) is 24. The van der Waals surface area contributed by atoms with Crippen LogP contribution in [0.2, 0.25) is 0 Å². The van der Waals surface area contributed by atoms with E-state index in [0.29, 0.717) is 34.0 Å². The van der Waals surface area contributed by atoms with Crippen molar-refractivity contribution in [3.05, 3.63) is 47.1 Å². The van der Waals surface area contributed by atoms with Crippen molar-refractivity contribution in [3.8, 4) is 0 Å². The van der Waals surface area contributed by atoms with E-state index in [0.717, 1.165) is 0 Å². The molecular formula is C61H85CoN8O17. The first-order valence-electron chi connectivity index (χ1n) is 28.1. The molecule has 87 heavy (non-hydrogen) atoms. The molecule has 9 atom stereocenters. The van der Waals surface area contributed by atoms with Crippen LogP contribution in [0.3, 0.4) is 0 Å². The Bertz CT molecular complexity index is 2910. The molecule has 1 saturated heterocycles. The Labute approximate surface area is 520 Å². The van der Waals surface area contributed by atoms with Crippen molar-refractivity contribution < 1.29 is 98.1 Å². The first-order chi connectivity index (χ1) is 40.2. The van der Waals surface area contributed by atoms with Gasteiger partial charge in [0.05, 0.1) is 86.3 Å². The summed E-state index contributed by atoms with van der Waals surface area (Å²) in [5, 5.41) is 33.3. The molecule has 26 heteroatoms. The molecule has 1 amide bonds. The molecule has 5 aliphatic heterocycles. The van der Waals surface area contributed by atoms with E-state index in [-0.39, 0.29) is 105 Å². The van der Waals surface area contributed by atoms with E-state index in [4.69, 9.17) is 81.5 Å². The Morgan fingerprint density at radius 3 is 1.61 bits per heavy atom. The Morgan fingerprint density at radius 2 is 1.11 bits per heavy atom. The number of methoxy groups -OCH3 is 7. The van der Waals surface area contributed by atoms with Crippen LogP contribution in [0.4, 0.5) is 4.79 Å². The van der Waals surface area contributed by atoms with Crippen LogP contribution in [-0.2, 0) is 88.2 Å². The number of fused-ring (bicyclic) bond motifs is 6. The third-order valence-corrected chi connectivity index (χ3v) is 17.9. The van der Waals surface area contributed by atoms with Crippen molar-refractivity contribution >= 4 is 70.9 Å². The minimum absolute atomic E-state index is 0. The van der Waals surface area contributed by atoms with Gasteiger partial charge in [-0.25, -0.2) is 4.79 Å². The van der Waals surface area contributed by atoms with Crippen molar-refractivity contribution in [1.29, 1.82) is 10.5 Å². The summed E-state index contributed by atoms with van der Waals surface area (Å²) in [6.45, 7) is 28.7. The second kappa shape index (κ2) is 30.9. The number of amides is 1. The van der Waals surface area contributed by atoms with Gasteiger partial charge in [0.25, 0.3) is 0 Å². The topological polar surface area (TPSA) is 355 Å². The largest absolute Gasteiger partial charge is 3.00 e. The summed E-state index contributed by atoms with van der Waals surface area (Å²) < 4.78 is 42.5. The molecule has 0 aromatic rings. The Hall–Kier alpha value is -7.45. The van der Waals surface area contributed by atoms with Crippen LogP contribution >= 0.6 is 0 Å². The zero-order valence-corrected chi connectivity index (χ0v) is 54.4. The first-order valence-corrected chi connectivity index (χ1v) is 28.1. The molecule has 0 aliphatic carbocycles. The Balaban J connectivity index is 0.00000505. The Kier molecular flexibility index (Phi) is 26.9. The normalized spacial score (nSPS) is 29.2. The van der Waals surface area contributed by atoms with E-state index >= 15 is 0 Å². The van der Waals surface area contributed by atoms with Crippen LogP contribution in [0.15, 0.2) is 53.9 Å². The maximum Gasteiger partial charge on any atom is 3.00 e. The number of nitrogens with one attached hydrogen (secondary N) is 2. The molecule has 5 aliphatic rings. The van der Waals surface area contributed by atoms with Gasteiger partial charge in [0.1, 0.15) is 11.3 Å². The molecule has 0 aromatic carbocycles. The number of ether oxygens (including phenoxy) is 8. The van der Waals surface area contributed by atoms with Gasteiger partial charge in [-0.2, -0.15) is 0 Å². The molecule has 1 fully saturated rings. The average Bonchev–Trinajstić information content (AvgIpc) is 1.55. The molecular weight excluding hydrogens is 1180 g/mol. The minimum Gasteiger partial charge on any atom is -0.860 e. The van der Waals surface area contributed by atoms with E-state index in [9.17, 15) is 43.5 Å². The van der Waals surface area contributed by atoms with Gasteiger partial charge in [0.2, 0.25) is 0 Å². The number of nitrogens with zero attached hydrogens (tertiary/aromatic N) is 6. The zero-order chi connectivity index (χ0) is 65.7. The summed E-state index contributed by atoms with van der Waals surface area (Å²) in [6.07, 6.45) is -2.06. The predicted octanol–water partition coefficient (Wildman–Crippen LogP) is 6.34. The van der Waals surface area contributed by atoms with Gasteiger partial charge in [-0.1, -0.05) is 34.6 Å². The van der Waals surface area contributed by atoms with Gasteiger partial charge in [0.15, 0.2) is 0 Å². The molecule has 8 bridgehead atoms. The van der Waals surface area contributed by atoms with Crippen LogP contribution in [0, 0.1) is 69.0 Å². The fourth-order valence-electron chi connectivity index (χ4n) is 13.2. The smallest absolute Gasteiger partial charge is 0.860 e. The fraction of sp³-hybridized carbons (Fsp3) is 0.672. The second-order valence-corrected chi connectivity index (χ2v) is 24.2. The third-order valence-electron chi connectivity index (χ3n) is 17.9. The number of allylic oxidation sites excluding steroid dienone is 6. The SMILES string of the molecule is COC(=O)CC[C@@H]1/C2=C(\C)C3=NC([C@H](CC(=O)OC)[C@@]3(C)CCC(=O)OC)[C@]3(C)N=C(/C(C)=C4\N/C(=C(/N=C([O-])CNC(=O)OC(C)(C)C)C(=N2)C1(C)C)[C@@H](CCC(=O)OC)[C@]4(C)CC(=O)OC)[C@@H](CCC(=O)OC)[C@]3(C)CC(=O)OC.[C-]#N.[C-]#N.[Co+3]. The van der Waals surface area contributed by atoms with Crippen molar-refractivity contribution in [2.75, 3.05) is 56.3 Å². The van der Waals surface area contributed by atoms with Crippen LogP contribution in [-0.4, -0.2) is 144 Å². The van der Waals surface area contributed by atoms with Crippen molar-refractivity contribution in [1.82, 2.24) is 10.6 Å². The molecule has 5 heterocycles. The number of esters is 7. The molecule has 1 unspecified atom stereocenters. The number of carbonyl (C=O) groups is 8.